The standard InChI is InChI=1S/C29H43NO7/c1-6-33-27(31)23(15-17-35-26-14-10-11-16-34-26)19-25-24(18-21(2)3)30(29(4,5)37-25)28(32)36-20-22-12-8-7-9-13-22/h7-9,12-13,19,21,24-26H,6,10-11,14-18,20H2,1-5H3. The zero-order valence-electron chi connectivity index (χ0n) is 22.9. The van der Waals surface area contributed by atoms with Crippen LogP contribution < -0.4 is 0 Å². The molecule has 3 atom stereocenters. The van der Waals surface area contributed by atoms with E-state index in [1.54, 1.807) is 11.8 Å². The number of carbonyl (C=O) groups excluding carboxylic acids is 2. The lowest BCUT2D eigenvalue weighted by Crippen LogP contribution is -2.49. The molecule has 0 aliphatic carbocycles. The van der Waals surface area contributed by atoms with Crippen molar-refractivity contribution in [3.8, 4) is 0 Å². The number of rotatable bonds is 11. The van der Waals surface area contributed by atoms with Crippen molar-refractivity contribution < 1.29 is 33.3 Å². The summed E-state index contributed by atoms with van der Waals surface area (Å²) >= 11 is 0. The molecular weight excluding hydrogens is 474 g/mol. The third kappa shape index (κ3) is 8.55. The summed E-state index contributed by atoms with van der Waals surface area (Å²) in [7, 11) is 0. The highest BCUT2D eigenvalue weighted by Gasteiger charge is 2.50. The molecular formula is C29H43NO7. The van der Waals surface area contributed by atoms with Crippen LogP contribution >= 0.6 is 0 Å². The van der Waals surface area contributed by atoms with Crippen molar-refractivity contribution in [3.05, 3.63) is 47.5 Å². The van der Waals surface area contributed by atoms with E-state index in [9.17, 15) is 9.59 Å². The molecule has 0 radical (unpaired) electrons. The van der Waals surface area contributed by atoms with E-state index in [0.717, 1.165) is 24.8 Å². The molecule has 3 unspecified atom stereocenters. The van der Waals surface area contributed by atoms with Crippen LogP contribution in [0.1, 0.15) is 72.3 Å². The summed E-state index contributed by atoms with van der Waals surface area (Å²) < 4.78 is 28.9. The maximum absolute atomic E-state index is 13.3. The lowest BCUT2D eigenvalue weighted by molar-refractivity contribution is -0.162. The number of ether oxygens (including phenoxy) is 5. The van der Waals surface area contributed by atoms with Crippen LogP contribution in [0.2, 0.25) is 0 Å². The molecule has 1 amide bonds. The lowest BCUT2D eigenvalue weighted by atomic mass is 9.96. The van der Waals surface area contributed by atoms with Crippen LogP contribution in [0, 0.1) is 5.92 Å². The van der Waals surface area contributed by atoms with E-state index in [-0.39, 0.29) is 25.5 Å². The molecule has 1 aromatic carbocycles. The summed E-state index contributed by atoms with van der Waals surface area (Å²) in [6.07, 6.45) is 4.67. The van der Waals surface area contributed by atoms with Crippen LogP contribution in [0.15, 0.2) is 42.0 Å². The SMILES string of the molecule is CCOC(=O)C(=CC1OC(C)(C)N(C(=O)OCc2ccccc2)C1CC(C)C)CCOC1CCCCO1. The quantitative estimate of drug-likeness (QED) is 0.279. The van der Waals surface area contributed by atoms with Gasteiger partial charge in [0.05, 0.1) is 25.4 Å². The summed E-state index contributed by atoms with van der Waals surface area (Å²) in [5, 5.41) is 0. The molecule has 8 heteroatoms. The number of amides is 1. The van der Waals surface area contributed by atoms with E-state index in [4.69, 9.17) is 23.7 Å². The normalized spacial score (nSPS) is 23.8. The minimum absolute atomic E-state index is 0.176. The van der Waals surface area contributed by atoms with E-state index >= 15 is 0 Å². The number of esters is 1. The first kappa shape index (κ1) is 29.1. The topological polar surface area (TPSA) is 83.5 Å². The molecule has 3 rings (SSSR count). The Balaban J connectivity index is 1.77. The van der Waals surface area contributed by atoms with Gasteiger partial charge in [0.15, 0.2) is 6.29 Å². The lowest BCUT2D eigenvalue weighted by Gasteiger charge is -2.33. The molecule has 206 valence electrons. The van der Waals surface area contributed by atoms with Gasteiger partial charge in [-0.2, -0.15) is 0 Å². The molecule has 0 saturated carbocycles. The minimum Gasteiger partial charge on any atom is -0.463 e. The van der Waals surface area contributed by atoms with Gasteiger partial charge in [0, 0.05) is 18.6 Å². The number of benzene rings is 1. The van der Waals surface area contributed by atoms with E-state index in [1.165, 1.54) is 0 Å². The molecule has 2 heterocycles. The Kier molecular flexibility index (Phi) is 11.0. The number of carbonyl (C=O) groups is 2. The first-order valence-corrected chi connectivity index (χ1v) is 13.5. The Bertz CT molecular complexity index is 893. The Morgan fingerprint density at radius 3 is 2.57 bits per heavy atom. The molecule has 2 aliphatic rings. The molecule has 0 spiro atoms. The van der Waals surface area contributed by atoms with Gasteiger partial charge >= 0.3 is 12.1 Å². The zero-order valence-corrected chi connectivity index (χ0v) is 22.9. The molecule has 37 heavy (non-hydrogen) atoms. The van der Waals surface area contributed by atoms with E-state index in [1.807, 2.05) is 50.3 Å². The second-order valence-electron chi connectivity index (χ2n) is 10.5. The minimum atomic E-state index is -0.916. The summed E-state index contributed by atoms with van der Waals surface area (Å²) in [4.78, 5) is 27.8. The van der Waals surface area contributed by atoms with Crippen molar-refractivity contribution in [2.75, 3.05) is 19.8 Å². The molecule has 0 bridgehead atoms. The van der Waals surface area contributed by atoms with Crippen molar-refractivity contribution >= 4 is 12.1 Å². The fraction of sp³-hybridized carbons (Fsp3) is 0.655. The number of hydrogen-bond donors (Lipinski definition) is 0. The largest absolute Gasteiger partial charge is 0.463 e. The smallest absolute Gasteiger partial charge is 0.412 e. The van der Waals surface area contributed by atoms with Gasteiger partial charge < -0.3 is 23.7 Å². The van der Waals surface area contributed by atoms with Gasteiger partial charge in [0.2, 0.25) is 0 Å². The fourth-order valence-electron chi connectivity index (χ4n) is 4.84. The average molecular weight is 518 g/mol. The molecule has 0 N–H and O–H groups in total. The van der Waals surface area contributed by atoms with Crippen molar-refractivity contribution in [3.63, 3.8) is 0 Å². The summed E-state index contributed by atoms with van der Waals surface area (Å²) in [5.41, 5.74) is 0.477. The van der Waals surface area contributed by atoms with Crippen LogP contribution in [0.3, 0.4) is 0 Å². The van der Waals surface area contributed by atoms with Gasteiger partial charge in [0.25, 0.3) is 0 Å². The Hall–Kier alpha value is -2.42. The monoisotopic (exact) mass is 517 g/mol. The Morgan fingerprint density at radius 2 is 1.92 bits per heavy atom. The van der Waals surface area contributed by atoms with Crippen LogP contribution in [-0.2, 0) is 35.1 Å². The van der Waals surface area contributed by atoms with Gasteiger partial charge in [-0.25, -0.2) is 9.59 Å². The number of nitrogens with zero attached hydrogens (tertiary/aromatic N) is 1. The molecule has 2 fully saturated rings. The van der Waals surface area contributed by atoms with Gasteiger partial charge in [-0.15, -0.1) is 0 Å². The van der Waals surface area contributed by atoms with Gasteiger partial charge in [-0.3, -0.25) is 4.90 Å². The number of hydrogen-bond acceptors (Lipinski definition) is 7. The molecule has 2 saturated heterocycles. The molecule has 2 aliphatic heterocycles. The second-order valence-corrected chi connectivity index (χ2v) is 10.5. The third-order valence-corrected chi connectivity index (χ3v) is 6.55. The van der Waals surface area contributed by atoms with E-state index in [0.29, 0.717) is 37.5 Å². The van der Waals surface area contributed by atoms with Crippen molar-refractivity contribution in [1.82, 2.24) is 4.90 Å². The first-order valence-electron chi connectivity index (χ1n) is 13.5. The van der Waals surface area contributed by atoms with Crippen LogP contribution in [0.25, 0.3) is 0 Å². The van der Waals surface area contributed by atoms with Gasteiger partial charge in [0.1, 0.15) is 12.3 Å². The summed E-state index contributed by atoms with van der Waals surface area (Å²) in [5.74, 6) is -0.105. The van der Waals surface area contributed by atoms with E-state index < -0.39 is 23.9 Å². The maximum Gasteiger partial charge on any atom is 0.412 e. The van der Waals surface area contributed by atoms with Crippen LogP contribution in [0.4, 0.5) is 4.79 Å². The van der Waals surface area contributed by atoms with Crippen LogP contribution in [0.5, 0.6) is 0 Å². The third-order valence-electron chi connectivity index (χ3n) is 6.55. The highest BCUT2D eigenvalue weighted by atomic mass is 16.7. The maximum atomic E-state index is 13.3. The summed E-state index contributed by atoms with van der Waals surface area (Å²) in [6.45, 7) is 11.2. The highest BCUT2D eigenvalue weighted by molar-refractivity contribution is 5.88. The predicted octanol–water partition coefficient (Wildman–Crippen LogP) is 5.60. The Labute approximate surface area is 221 Å². The van der Waals surface area contributed by atoms with Gasteiger partial charge in [-0.05, 0) is 64.0 Å². The van der Waals surface area contributed by atoms with Crippen LogP contribution in [-0.4, -0.2) is 60.9 Å². The predicted molar refractivity (Wildman–Crippen MR) is 140 cm³/mol. The first-order chi connectivity index (χ1) is 17.7. The highest BCUT2D eigenvalue weighted by Crippen LogP contribution is 2.37. The Morgan fingerprint density at radius 1 is 1.16 bits per heavy atom. The fourth-order valence-corrected chi connectivity index (χ4v) is 4.84. The van der Waals surface area contributed by atoms with Gasteiger partial charge in [-0.1, -0.05) is 44.2 Å². The zero-order chi connectivity index (χ0) is 26.8. The molecule has 0 aromatic heterocycles. The molecule has 1 aromatic rings. The van der Waals surface area contributed by atoms with E-state index in [2.05, 4.69) is 13.8 Å². The second kappa shape index (κ2) is 13.9. The molecule has 8 nitrogen and oxygen atoms in total. The van der Waals surface area contributed by atoms with Crippen molar-refractivity contribution in [2.24, 2.45) is 5.92 Å². The van der Waals surface area contributed by atoms with Crippen molar-refractivity contribution in [1.29, 1.82) is 0 Å². The van der Waals surface area contributed by atoms with Crippen molar-refractivity contribution in [2.45, 2.75) is 97.5 Å². The summed E-state index contributed by atoms with van der Waals surface area (Å²) in [6, 6.07) is 9.28. The average Bonchev–Trinajstić information content (AvgIpc) is 3.11.